The number of aryl methyl sites for hydroxylation is 1. The monoisotopic (exact) mass is 242 g/mol. The highest BCUT2D eigenvalue weighted by molar-refractivity contribution is 5.61. The molecule has 3 aliphatic heterocycles. The van der Waals surface area contributed by atoms with E-state index in [1.807, 2.05) is 0 Å². The molecular weight excluding hydrogens is 220 g/mol. The fourth-order valence-corrected chi connectivity index (χ4v) is 4.33. The smallest absolute Gasteiger partial charge is 0.0379 e. The van der Waals surface area contributed by atoms with Crippen molar-refractivity contribution in [3.63, 3.8) is 0 Å². The molecular formula is C16H22N2. The molecule has 0 amide bonds. The van der Waals surface area contributed by atoms with Gasteiger partial charge in [-0.25, -0.2) is 0 Å². The predicted octanol–water partition coefficient (Wildman–Crippen LogP) is 3.13. The molecule has 2 heteroatoms. The van der Waals surface area contributed by atoms with Crippen molar-refractivity contribution in [2.24, 2.45) is 0 Å². The molecule has 0 radical (unpaired) electrons. The number of piperidine rings is 2. The van der Waals surface area contributed by atoms with Gasteiger partial charge in [0.1, 0.15) is 0 Å². The van der Waals surface area contributed by atoms with Crippen LogP contribution in [0.5, 0.6) is 0 Å². The first kappa shape index (κ1) is 10.9. The summed E-state index contributed by atoms with van der Waals surface area (Å²) in [5.74, 6) is 0.744. The molecule has 3 heterocycles. The Balaban J connectivity index is 1.74. The quantitative estimate of drug-likeness (QED) is 0.752. The molecule has 0 saturated carbocycles. The van der Waals surface area contributed by atoms with Crippen LogP contribution >= 0.6 is 0 Å². The van der Waals surface area contributed by atoms with Crippen molar-refractivity contribution in [3.05, 3.63) is 29.3 Å². The molecule has 3 atom stereocenters. The van der Waals surface area contributed by atoms with Crippen LogP contribution < -0.4 is 5.32 Å². The highest BCUT2D eigenvalue weighted by Gasteiger charge is 2.43. The normalized spacial score (nSPS) is 34.4. The zero-order chi connectivity index (χ0) is 12.1. The summed E-state index contributed by atoms with van der Waals surface area (Å²) in [7, 11) is 0. The van der Waals surface area contributed by atoms with E-state index >= 15 is 0 Å². The Morgan fingerprint density at radius 3 is 3.06 bits per heavy atom. The minimum absolute atomic E-state index is 0.696. The van der Waals surface area contributed by atoms with Gasteiger partial charge in [-0.15, -0.1) is 0 Å². The summed E-state index contributed by atoms with van der Waals surface area (Å²) in [5.41, 5.74) is 4.41. The van der Waals surface area contributed by atoms with E-state index in [2.05, 4.69) is 35.3 Å². The van der Waals surface area contributed by atoms with Crippen molar-refractivity contribution in [1.29, 1.82) is 0 Å². The number of fused-ring (bicyclic) bond motifs is 5. The van der Waals surface area contributed by atoms with Crippen molar-refractivity contribution in [2.75, 3.05) is 18.4 Å². The van der Waals surface area contributed by atoms with Crippen molar-refractivity contribution in [1.82, 2.24) is 4.90 Å². The predicted molar refractivity (Wildman–Crippen MR) is 75.2 cm³/mol. The van der Waals surface area contributed by atoms with Gasteiger partial charge in [0, 0.05) is 30.2 Å². The fraction of sp³-hybridized carbons (Fsp3) is 0.625. The van der Waals surface area contributed by atoms with Crippen LogP contribution in [0.15, 0.2) is 18.2 Å². The van der Waals surface area contributed by atoms with Crippen LogP contribution in [0.2, 0.25) is 0 Å². The van der Waals surface area contributed by atoms with Gasteiger partial charge in [-0.05, 0) is 44.4 Å². The minimum atomic E-state index is 0.696. The average molecular weight is 242 g/mol. The second-order valence-corrected chi connectivity index (χ2v) is 6.26. The van der Waals surface area contributed by atoms with Gasteiger partial charge in [-0.1, -0.05) is 24.1 Å². The molecule has 0 aliphatic carbocycles. The van der Waals surface area contributed by atoms with Crippen molar-refractivity contribution in [3.8, 4) is 0 Å². The summed E-state index contributed by atoms with van der Waals surface area (Å²) >= 11 is 0. The zero-order valence-corrected chi connectivity index (χ0v) is 11.2. The van der Waals surface area contributed by atoms with E-state index in [1.54, 1.807) is 5.56 Å². The third-order valence-corrected chi connectivity index (χ3v) is 5.15. The Morgan fingerprint density at radius 1 is 1.17 bits per heavy atom. The van der Waals surface area contributed by atoms with Gasteiger partial charge in [-0.2, -0.15) is 0 Å². The summed E-state index contributed by atoms with van der Waals surface area (Å²) in [6.07, 6.45) is 5.54. The topological polar surface area (TPSA) is 15.3 Å². The highest BCUT2D eigenvalue weighted by Crippen LogP contribution is 2.46. The van der Waals surface area contributed by atoms with E-state index in [-0.39, 0.29) is 0 Å². The first-order valence-electron chi connectivity index (χ1n) is 7.44. The Labute approximate surface area is 109 Å². The molecule has 3 aliphatic rings. The number of hydrogen-bond donors (Lipinski definition) is 1. The molecule has 3 unspecified atom stereocenters. The molecule has 1 aromatic rings. The standard InChI is InChI=1S/C16H22N2/c1-11-5-6-13-12(10-11)16-14(17-13)7-9-18-8-3-2-4-15(16)18/h5-6,10,14-17H,2-4,7-9H2,1H3. The number of benzene rings is 1. The van der Waals surface area contributed by atoms with E-state index in [9.17, 15) is 0 Å². The summed E-state index contributed by atoms with van der Waals surface area (Å²) in [6, 6.07) is 8.44. The van der Waals surface area contributed by atoms with Crippen molar-refractivity contribution >= 4 is 5.69 Å². The van der Waals surface area contributed by atoms with Gasteiger partial charge in [0.05, 0.1) is 0 Å². The summed E-state index contributed by atoms with van der Waals surface area (Å²) in [5, 5.41) is 3.77. The molecule has 18 heavy (non-hydrogen) atoms. The van der Waals surface area contributed by atoms with Gasteiger partial charge >= 0.3 is 0 Å². The minimum Gasteiger partial charge on any atom is -0.381 e. The second-order valence-electron chi connectivity index (χ2n) is 6.26. The SMILES string of the molecule is Cc1ccc2c(c1)C1C(CCN3CCCCC13)N2. The van der Waals surface area contributed by atoms with E-state index < -0.39 is 0 Å². The maximum Gasteiger partial charge on any atom is 0.0379 e. The number of rotatable bonds is 0. The highest BCUT2D eigenvalue weighted by atomic mass is 15.2. The van der Waals surface area contributed by atoms with E-state index in [0.717, 1.165) is 12.0 Å². The molecule has 2 nitrogen and oxygen atoms in total. The molecule has 1 aromatic carbocycles. The average Bonchev–Trinajstić information content (AvgIpc) is 2.77. The van der Waals surface area contributed by atoms with Crippen LogP contribution in [0.4, 0.5) is 5.69 Å². The molecule has 2 fully saturated rings. The van der Waals surface area contributed by atoms with Gasteiger partial charge < -0.3 is 5.32 Å². The number of anilines is 1. The lowest BCUT2D eigenvalue weighted by molar-refractivity contribution is 0.0862. The molecule has 0 bridgehead atoms. The Bertz CT molecular complexity index is 468. The molecule has 96 valence electrons. The van der Waals surface area contributed by atoms with Gasteiger partial charge in [0.15, 0.2) is 0 Å². The van der Waals surface area contributed by atoms with Gasteiger partial charge in [-0.3, -0.25) is 4.90 Å². The fourth-order valence-electron chi connectivity index (χ4n) is 4.33. The lowest BCUT2D eigenvalue weighted by Crippen LogP contribution is -2.51. The van der Waals surface area contributed by atoms with Crippen molar-refractivity contribution in [2.45, 2.75) is 50.6 Å². The maximum absolute atomic E-state index is 3.77. The number of nitrogens with zero attached hydrogens (tertiary/aromatic N) is 1. The van der Waals surface area contributed by atoms with E-state index in [4.69, 9.17) is 0 Å². The summed E-state index contributed by atoms with van der Waals surface area (Å²) in [4.78, 5) is 2.75. The Kier molecular flexibility index (Phi) is 2.41. The number of nitrogens with one attached hydrogen (secondary N) is 1. The van der Waals surface area contributed by atoms with Crippen LogP contribution in [0.1, 0.15) is 42.7 Å². The lowest BCUT2D eigenvalue weighted by atomic mass is 9.78. The second kappa shape index (κ2) is 3.99. The van der Waals surface area contributed by atoms with E-state index in [0.29, 0.717) is 6.04 Å². The third kappa shape index (κ3) is 1.51. The van der Waals surface area contributed by atoms with Crippen molar-refractivity contribution < 1.29 is 0 Å². The maximum atomic E-state index is 3.77. The Hall–Kier alpha value is -1.02. The van der Waals surface area contributed by atoms with Gasteiger partial charge in [0.25, 0.3) is 0 Å². The molecule has 0 spiro atoms. The Morgan fingerprint density at radius 2 is 2.11 bits per heavy atom. The lowest BCUT2D eigenvalue weighted by Gasteiger charge is -2.45. The number of hydrogen-bond acceptors (Lipinski definition) is 2. The zero-order valence-electron chi connectivity index (χ0n) is 11.2. The van der Waals surface area contributed by atoms with Crippen LogP contribution in [0.25, 0.3) is 0 Å². The van der Waals surface area contributed by atoms with Crippen LogP contribution in [0, 0.1) is 6.92 Å². The van der Waals surface area contributed by atoms with Crippen LogP contribution in [-0.2, 0) is 0 Å². The van der Waals surface area contributed by atoms with Crippen LogP contribution in [-0.4, -0.2) is 30.1 Å². The first-order valence-corrected chi connectivity index (χ1v) is 7.44. The molecule has 1 N–H and O–H groups in total. The molecule has 4 rings (SSSR count). The van der Waals surface area contributed by atoms with Gasteiger partial charge in [0.2, 0.25) is 0 Å². The molecule has 2 saturated heterocycles. The van der Waals surface area contributed by atoms with Crippen LogP contribution in [0.3, 0.4) is 0 Å². The summed E-state index contributed by atoms with van der Waals surface area (Å²) in [6.45, 7) is 4.84. The largest absolute Gasteiger partial charge is 0.381 e. The summed E-state index contributed by atoms with van der Waals surface area (Å²) < 4.78 is 0. The first-order chi connectivity index (χ1) is 8.83. The third-order valence-electron chi connectivity index (χ3n) is 5.15. The molecule has 0 aromatic heterocycles. The van der Waals surface area contributed by atoms with E-state index in [1.165, 1.54) is 50.0 Å².